The van der Waals surface area contributed by atoms with E-state index in [1.54, 1.807) is 12.1 Å². The van der Waals surface area contributed by atoms with Crippen LogP contribution in [0.25, 0.3) is 5.57 Å². The number of sulfone groups is 1. The van der Waals surface area contributed by atoms with Gasteiger partial charge in [0.25, 0.3) is 0 Å². The summed E-state index contributed by atoms with van der Waals surface area (Å²) in [5.74, 6) is -2.02. The first-order valence-electron chi connectivity index (χ1n) is 8.31. The Morgan fingerprint density at radius 2 is 1.70 bits per heavy atom. The SMILES string of the molecule is CC1(C)OCC(C(O)c2ccc(F)c(F)c2)=C1c1ccc(S(C)(=O)=O)cc1. The van der Waals surface area contributed by atoms with Crippen LogP contribution in [0.1, 0.15) is 31.1 Å². The Morgan fingerprint density at radius 1 is 1.07 bits per heavy atom. The van der Waals surface area contributed by atoms with E-state index in [2.05, 4.69) is 0 Å². The van der Waals surface area contributed by atoms with Crippen molar-refractivity contribution in [2.45, 2.75) is 30.4 Å². The number of aliphatic hydroxyl groups is 1. The van der Waals surface area contributed by atoms with Gasteiger partial charge in [-0.3, -0.25) is 0 Å². The zero-order valence-corrected chi connectivity index (χ0v) is 16.0. The number of hydrogen-bond donors (Lipinski definition) is 1. The van der Waals surface area contributed by atoms with Crippen molar-refractivity contribution in [3.05, 3.63) is 70.8 Å². The molecule has 1 N–H and O–H groups in total. The Kier molecular flexibility index (Phi) is 4.96. The maximum atomic E-state index is 13.6. The van der Waals surface area contributed by atoms with Gasteiger partial charge in [-0.2, -0.15) is 0 Å². The molecule has 0 bridgehead atoms. The Bertz CT molecular complexity index is 1010. The molecular weight excluding hydrogens is 374 g/mol. The Hall–Kier alpha value is -2.09. The molecule has 4 nitrogen and oxygen atoms in total. The van der Waals surface area contributed by atoms with Gasteiger partial charge in [-0.15, -0.1) is 0 Å². The highest BCUT2D eigenvalue weighted by Gasteiger charge is 2.37. The first kappa shape index (κ1) is 19.7. The summed E-state index contributed by atoms with van der Waals surface area (Å²) in [5.41, 5.74) is 1.40. The summed E-state index contributed by atoms with van der Waals surface area (Å²) < 4.78 is 55.9. The van der Waals surface area contributed by atoms with Gasteiger partial charge in [0.05, 0.1) is 17.1 Å². The second kappa shape index (κ2) is 6.82. The van der Waals surface area contributed by atoms with Crippen LogP contribution in [0.5, 0.6) is 0 Å². The number of ether oxygens (including phenoxy) is 1. The monoisotopic (exact) mass is 394 g/mol. The lowest BCUT2D eigenvalue weighted by Crippen LogP contribution is -2.21. The molecule has 1 unspecified atom stereocenters. The molecule has 1 heterocycles. The van der Waals surface area contributed by atoms with Crippen molar-refractivity contribution in [1.29, 1.82) is 0 Å². The van der Waals surface area contributed by atoms with Gasteiger partial charge in [0.1, 0.15) is 6.10 Å². The van der Waals surface area contributed by atoms with E-state index in [0.29, 0.717) is 16.7 Å². The molecule has 0 radical (unpaired) electrons. The molecule has 0 saturated heterocycles. The van der Waals surface area contributed by atoms with E-state index in [1.165, 1.54) is 18.2 Å². The van der Waals surface area contributed by atoms with Crippen LogP contribution >= 0.6 is 0 Å². The lowest BCUT2D eigenvalue weighted by Gasteiger charge is -2.23. The minimum Gasteiger partial charge on any atom is -0.384 e. The molecule has 0 amide bonds. The van der Waals surface area contributed by atoms with Gasteiger partial charge in [0.2, 0.25) is 0 Å². The molecule has 0 fully saturated rings. The predicted octanol–water partition coefficient (Wildman–Crippen LogP) is 3.66. The quantitative estimate of drug-likeness (QED) is 0.860. The third-order valence-corrected chi connectivity index (χ3v) is 5.80. The summed E-state index contributed by atoms with van der Waals surface area (Å²) in [6.07, 6.45) is -0.0474. The van der Waals surface area contributed by atoms with E-state index in [4.69, 9.17) is 4.74 Å². The van der Waals surface area contributed by atoms with Gasteiger partial charge < -0.3 is 9.84 Å². The first-order valence-corrected chi connectivity index (χ1v) is 10.2. The molecule has 0 saturated carbocycles. The highest BCUT2D eigenvalue weighted by Crippen LogP contribution is 2.43. The molecule has 0 spiro atoms. The van der Waals surface area contributed by atoms with Gasteiger partial charge in [-0.05, 0) is 60.4 Å². The topological polar surface area (TPSA) is 63.6 Å². The van der Waals surface area contributed by atoms with Crippen LogP contribution in [0.3, 0.4) is 0 Å². The van der Waals surface area contributed by atoms with E-state index in [9.17, 15) is 22.3 Å². The van der Waals surface area contributed by atoms with Crippen LogP contribution in [0, 0.1) is 11.6 Å². The number of aliphatic hydroxyl groups excluding tert-OH is 1. The fourth-order valence-electron chi connectivity index (χ4n) is 3.29. The third kappa shape index (κ3) is 3.81. The fourth-order valence-corrected chi connectivity index (χ4v) is 3.92. The summed E-state index contributed by atoms with van der Waals surface area (Å²) in [4.78, 5) is 0.186. The number of rotatable bonds is 4. The second-order valence-corrected chi connectivity index (χ2v) is 9.09. The van der Waals surface area contributed by atoms with Crippen molar-refractivity contribution in [3.8, 4) is 0 Å². The zero-order valence-electron chi connectivity index (χ0n) is 15.2. The van der Waals surface area contributed by atoms with Gasteiger partial charge in [-0.25, -0.2) is 17.2 Å². The van der Waals surface area contributed by atoms with Crippen LogP contribution in [-0.4, -0.2) is 32.0 Å². The third-order valence-electron chi connectivity index (χ3n) is 4.67. The van der Waals surface area contributed by atoms with Crippen molar-refractivity contribution >= 4 is 15.4 Å². The number of hydrogen-bond acceptors (Lipinski definition) is 4. The first-order chi connectivity index (χ1) is 12.5. The van der Waals surface area contributed by atoms with Crippen molar-refractivity contribution in [3.63, 3.8) is 0 Å². The van der Waals surface area contributed by atoms with Crippen molar-refractivity contribution in [2.75, 3.05) is 12.9 Å². The van der Waals surface area contributed by atoms with Crippen LogP contribution in [0.4, 0.5) is 8.78 Å². The fraction of sp³-hybridized carbons (Fsp3) is 0.300. The van der Waals surface area contributed by atoms with E-state index in [1.807, 2.05) is 13.8 Å². The molecule has 2 aromatic carbocycles. The summed E-state index contributed by atoms with van der Waals surface area (Å²) in [6.45, 7) is 3.78. The Labute approximate surface area is 157 Å². The predicted molar refractivity (Wildman–Crippen MR) is 97.8 cm³/mol. The van der Waals surface area contributed by atoms with Gasteiger partial charge in [0, 0.05) is 6.26 Å². The van der Waals surface area contributed by atoms with Crippen LogP contribution < -0.4 is 0 Å². The van der Waals surface area contributed by atoms with Crippen molar-refractivity contribution in [1.82, 2.24) is 0 Å². The molecular formula is C20H20F2O4S. The number of halogens is 2. The van der Waals surface area contributed by atoms with Gasteiger partial charge in [-0.1, -0.05) is 18.2 Å². The standard InChI is InChI=1S/C20H20F2O4S/c1-20(2)18(12-4-7-14(8-5-12)27(3,24)25)15(11-26-20)19(23)13-6-9-16(21)17(22)10-13/h4-10,19,23H,11H2,1-3H3. The zero-order chi connectivity index (χ0) is 20.0. The van der Waals surface area contributed by atoms with Gasteiger partial charge in [0.15, 0.2) is 21.5 Å². The summed E-state index contributed by atoms with van der Waals surface area (Å²) in [5, 5.41) is 10.8. The average Bonchev–Trinajstić information content (AvgIpc) is 2.91. The van der Waals surface area contributed by atoms with E-state index in [0.717, 1.165) is 18.4 Å². The van der Waals surface area contributed by atoms with Crippen LogP contribution in [0.15, 0.2) is 52.9 Å². The van der Waals surface area contributed by atoms with Crippen LogP contribution in [0.2, 0.25) is 0 Å². The van der Waals surface area contributed by atoms with E-state index in [-0.39, 0.29) is 17.1 Å². The summed E-state index contributed by atoms with van der Waals surface area (Å²) in [7, 11) is -3.33. The molecule has 0 aromatic heterocycles. The molecule has 2 aromatic rings. The minimum atomic E-state index is -3.33. The highest BCUT2D eigenvalue weighted by molar-refractivity contribution is 7.90. The normalized spacial score (nSPS) is 18.0. The van der Waals surface area contributed by atoms with Crippen molar-refractivity contribution < 1.29 is 27.0 Å². The average molecular weight is 394 g/mol. The molecule has 1 atom stereocenters. The van der Waals surface area contributed by atoms with Gasteiger partial charge >= 0.3 is 0 Å². The van der Waals surface area contributed by atoms with Crippen molar-refractivity contribution in [2.24, 2.45) is 0 Å². The minimum absolute atomic E-state index is 0.121. The number of benzene rings is 2. The second-order valence-electron chi connectivity index (χ2n) is 7.07. The Morgan fingerprint density at radius 3 is 2.26 bits per heavy atom. The molecule has 1 aliphatic heterocycles. The molecule has 1 aliphatic rings. The molecule has 27 heavy (non-hydrogen) atoms. The lowest BCUT2D eigenvalue weighted by atomic mass is 9.86. The lowest BCUT2D eigenvalue weighted by molar-refractivity contribution is 0.0556. The van der Waals surface area contributed by atoms with E-state index >= 15 is 0 Å². The molecule has 0 aliphatic carbocycles. The molecule has 7 heteroatoms. The molecule has 3 rings (SSSR count). The maximum Gasteiger partial charge on any atom is 0.175 e. The molecule has 144 valence electrons. The maximum absolute atomic E-state index is 13.6. The van der Waals surface area contributed by atoms with E-state index < -0.39 is 33.2 Å². The Balaban J connectivity index is 2.09. The van der Waals surface area contributed by atoms with Crippen LogP contribution in [-0.2, 0) is 14.6 Å². The summed E-state index contributed by atoms with van der Waals surface area (Å²) in [6, 6.07) is 9.55. The smallest absolute Gasteiger partial charge is 0.175 e. The highest BCUT2D eigenvalue weighted by atomic mass is 32.2. The largest absolute Gasteiger partial charge is 0.384 e. The summed E-state index contributed by atoms with van der Waals surface area (Å²) >= 11 is 0.